The molecule has 1 aliphatic rings. The van der Waals surface area contributed by atoms with E-state index in [0.717, 1.165) is 24.2 Å². The van der Waals surface area contributed by atoms with Crippen LogP contribution in [-0.2, 0) is 16.0 Å². The number of hydrogen-bond acceptors (Lipinski definition) is 3. The molecule has 1 heterocycles. The topological polar surface area (TPSA) is 69.6 Å². The van der Waals surface area contributed by atoms with Crippen molar-refractivity contribution in [3.8, 4) is 0 Å². The number of anilines is 1. The summed E-state index contributed by atoms with van der Waals surface area (Å²) < 4.78 is 0. The lowest BCUT2D eigenvalue weighted by atomic mass is 10.1. The van der Waals surface area contributed by atoms with Gasteiger partial charge >= 0.3 is 0 Å². The van der Waals surface area contributed by atoms with Gasteiger partial charge in [0.25, 0.3) is 0 Å². The van der Waals surface area contributed by atoms with Crippen LogP contribution in [0.5, 0.6) is 0 Å². The summed E-state index contributed by atoms with van der Waals surface area (Å²) in [6, 6.07) is 7.47. The average molecular weight is 262 g/mol. The van der Waals surface area contributed by atoms with Crippen molar-refractivity contribution < 1.29 is 14.7 Å². The Bertz CT molecular complexity index is 456. The third-order valence-corrected chi connectivity index (χ3v) is 3.12. The Labute approximate surface area is 112 Å². The first-order valence-corrected chi connectivity index (χ1v) is 6.47. The number of benzene rings is 1. The standard InChI is InChI=1S/C14H18N2O3/c17-9-7-15-13(18)10-11-3-5-12(6-4-11)16-8-1-2-14(16)19/h3-6,17H,1-2,7-10H2,(H,15,18). The summed E-state index contributed by atoms with van der Waals surface area (Å²) in [5.41, 5.74) is 1.79. The molecular weight excluding hydrogens is 244 g/mol. The van der Waals surface area contributed by atoms with E-state index in [1.807, 2.05) is 24.3 Å². The minimum Gasteiger partial charge on any atom is -0.395 e. The molecule has 0 spiro atoms. The van der Waals surface area contributed by atoms with E-state index >= 15 is 0 Å². The number of aliphatic hydroxyl groups excluding tert-OH is 1. The molecule has 1 fully saturated rings. The third kappa shape index (κ3) is 3.54. The van der Waals surface area contributed by atoms with E-state index in [-0.39, 0.29) is 31.4 Å². The smallest absolute Gasteiger partial charge is 0.227 e. The molecule has 2 amide bonds. The van der Waals surface area contributed by atoms with Crippen molar-refractivity contribution in [2.45, 2.75) is 19.3 Å². The minimum atomic E-state index is -0.112. The monoisotopic (exact) mass is 262 g/mol. The van der Waals surface area contributed by atoms with Gasteiger partial charge in [0, 0.05) is 25.2 Å². The fourth-order valence-corrected chi connectivity index (χ4v) is 2.16. The van der Waals surface area contributed by atoms with E-state index in [9.17, 15) is 9.59 Å². The Balaban J connectivity index is 1.94. The van der Waals surface area contributed by atoms with Crippen molar-refractivity contribution in [1.29, 1.82) is 0 Å². The van der Waals surface area contributed by atoms with Crippen molar-refractivity contribution in [1.82, 2.24) is 5.32 Å². The van der Waals surface area contributed by atoms with E-state index in [1.165, 1.54) is 0 Å². The summed E-state index contributed by atoms with van der Waals surface area (Å²) in [6.07, 6.45) is 1.81. The molecule has 2 rings (SSSR count). The van der Waals surface area contributed by atoms with Gasteiger partial charge in [-0.1, -0.05) is 12.1 Å². The Morgan fingerprint density at radius 2 is 2.05 bits per heavy atom. The van der Waals surface area contributed by atoms with E-state index in [0.29, 0.717) is 6.42 Å². The highest BCUT2D eigenvalue weighted by molar-refractivity contribution is 5.95. The molecule has 0 aliphatic carbocycles. The molecule has 5 heteroatoms. The fourth-order valence-electron chi connectivity index (χ4n) is 2.16. The van der Waals surface area contributed by atoms with Crippen molar-refractivity contribution in [3.05, 3.63) is 29.8 Å². The Hall–Kier alpha value is -1.88. The zero-order chi connectivity index (χ0) is 13.7. The van der Waals surface area contributed by atoms with E-state index < -0.39 is 0 Å². The second-order valence-corrected chi connectivity index (χ2v) is 4.57. The van der Waals surface area contributed by atoms with E-state index in [2.05, 4.69) is 5.32 Å². The lowest BCUT2D eigenvalue weighted by Gasteiger charge is -2.15. The summed E-state index contributed by atoms with van der Waals surface area (Å²) in [4.78, 5) is 24.8. The van der Waals surface area contributed by atoms with Gasteiger partial charge in [-0.15, -0.1) is 0 Å². The average Bonchev–Trinajstić information content (AvgIpc) is 2.83. The fraction of sp³-hybridized carbons (Fsp3) is 0.429. The summed E-state index contributed by atoms with van der Waals surface area (Å²) in [5, 5.41) is 11.2. The Morgan fingerprint density at radius 3 is 2.63 bits per heavy atom. The first kappa shape index (κ1) is 13.5. The van der Waals surface area contributed by atoms with Crippen LogP contribution in [0, 0.1) is 0 Å². The van der Waals surface area contributed by atoms with Gasteiger partial charge < -0.3 is 15.3 Å². The van der Waals surface area contributed by atoms with Gasteiger partial charge in [0.15, 0.2) is 0 Å². The SMILES string of the molecule is O=C(Cc1ccc(N2CCCC2=O)cc1)NCCO. The minimum absolute atomic E-state index is 0.0538. The highest BCUT2D eigenvalue weighted by Gasteiger charge is 2.21. The molecule has 0 atom stereocenters. The lowest BCUT2D eigenvalue weighted by molar-refractivity contribution is -0.120. The van der Waals surface area contributed by atoms with Gasteiger partial charge in [-0.05, 0) is 24.1 Å². The number of rotatable bonds is 5. The maximum Gasteiger partial charge on any atom is 0.227 e. The number of amides is 2. The highest BCUT2D eigenvalue weighted by atomic mass is 16.3. The van der Waals surface area contributed by atoms with Crippen molar-refractivity contribution in [2.24, 2.45) is 0 Å². The van der Waals surface area contributed by atoms with Gasteiger partial charge in [0.2, 0.25) is 11.8 Å². The van der Waals surface area contributed by atoms with Crippen LogP contribution in [0.1, 0.15) is 18.4 Å². The highest BCUT2D eigenvalue weighted by Crippen LogP contribution is 2.21. The zero-order valence-electron chi connectivity index (χ0n) is 10.8. The largest absolute Gasteiger partial charge is 0.395 e. The van der Waals surface area contributed by atoms with Crippen LogP contribution in [0.25, 0.3) is 0 Å². The zero-order valence-corrected chi connectivity index (χ0v) is 10.8. The van der Waals surface area contributed by atoms with Gasteiger partial charge in [0.05, 0.1) is 13.0 Å². The number of carbonyl (C=O) groups is 2. The molecule has 5 nitrogen and oxygen atoms in total. The van der Waals surface area contributed by atoms with Crippen LogP contribution in [0.2, 0.25) is 0 Å². The quantitative estimate of drug-likeness (QED) is 0.810. The lowest BCUT2D eigenvalue weighted by Crippen LogP contribution is -2.28. The molecule has 1 aromatic rings. The van der Waals surface area contributed by atoms with Gasteiger partial charge in [-0.25, -0.2) is 0 Å². The Kier molecular flexibility index (Phi) is 4.52. The predicted octanol–water partition coefficient (Wildman–Crippen LogP) is 0.464. The maximum atomic E-state index is 11.6. The molecule has 1 aliphatic heterocycles. The molecule has 1 saturated heterocycles. The molecule has 0 saturated carbocycles. The first-order valence-electron chi connectivity index (χ1n) is 6.47. The van der Waals surface area contributed by atoms with Gasteiger partial charge in [-0.3, -0.25) is 9.59 Å². The second kappa shape index (κ2) is 6.33. The van der Waals surface area contributed by atoms with Crippen LogP contribution in [-0.4, -0.2) is 36.6 Å². The van der Waals surface area contributed by atoms with Gasteiger partial charge in [-0.2, -0.15) is 0 Å². The molecule has 0 aromatic heterocycles. The van der Waals surface area contributed by atoms with E-state index in [4.69, 9.17) is 5.11 Å². The molecular formula is C14H18N2O3. The number of nitrogens with zero attached hydrogens (tertiary/aromatic N) is 1. The molecule has 1 aromatic carbocycles. The van der Waals surface area contributed by atoms with Crippen LogP contribution < -0.4 is 10.2 Å². The first-order chi connectivity index (χ1) is 9.20. The second-order valence-electron chi connectivity index (χ2n) is 4.57. The van der Waals surface area contributed by atoms with Crippen molar-refractivity contribution in [2.75, 3.05) is 24.6 Å². The third-order valence-electron chi connectivity index (χ3n) is 3.12. The van der Waals surface area contributed by atoms with Gasteiger partial charge in [0.1, 0.15) is 0 Å². The maximum absolute atomic E-state index is 11.6. The molecule has 0 radical (unpaired) electrons. The summed E-state index contributed by atoms with van der Waals surface area (Å²) >= 11 is 0. The number of nitrogens with one attached hydrogen (secondary N) is 1. The summed E-state index contributed by atoms with van der Waals surface area (Å²) in [5.74, 6) is 0.0486. The Morgan fingerprint density at radius 1 is 1.32 bits per heavy atom. The normalized spacial score (nSPS) is 14.8. The molecule has 19 heavy (non-hydrogen) atoms. The molecule has 0 unspecified atom stereocenters. The van der Waals surface area contributed by atoms with Crippen molar-refractivity contribution in [3.63, 3.8) is 0 Å². The molecule has 0 bridgehead atoms. The number of hydrogen-bond donors (Lipinski definition) is 2. The summed E-state index contributed by atoms with van der Waals surface area (Å²) in [7, 11) is 0. The number of carbonyl (C=O) groups excluding carboxylic acids is 2. The molecule has 102 valence electrons. The number of aliphatic hydroxyl groups is 1. The van der Waals surface area contributed by atoms with Crippen molar-refractivity contribution >= 4 is 17.5 Å². The van der Waals surface area contributed by atoms with Crippen LogP contribution in [0.15, 0.2) is 24.3 Å². The molecule has 2 N–H and O–H groups in total. The van der Waals surface area contributed by atoms with Crippen LogP contribution in [0.4, 0.5) is 5.69 Å². The van der Waals surface area contributed by atoms with E-state index in [1.54, 1.807) is 4.90 Å². The summed E-state index contributed by atoms with van der Waals surface area (Å²) in [6.45, 7) is 0.996. The van der Waals surface area contributed by atoms with Crippen LogP contribution in [0.3, 0.4) is 0 Å². The van der Waals surface area contributed by atoms with Crippen LogP contribution >= 0.6 is 0 Å². The predicted molar refractivity (Wildman–Crippen MR) is 71.8 cm³/mol.